The van der Waals surface area contributed by atoms with Crippen molar-refractivity contribution >= 4 is 43.5 Å². The quantitative estimate of drug-likeness (QED) is 0.864. The second-order valence-electron chi connectivity index (χ2n) is 4.84. The van der Waals surface area contributed by atoms with Crippen LogP contribution in [0.1, 0.15) is 10.4 Å². The Morgan fingerprint density at radius 2 is 1.74 bits per heavy atom. The molecule has 0 fully saturated rings. The summed E-state index contributed by atoms with van der Waals surface area (Å²) in [7, 11) is -3.98. The Bertz CT molecular complexity index is 911. The van der Waals surface area contributed by atoms with Gasteiger partial charge in [0.25, 0.3) is 15.9 Å². The monoisotopic (exact) mass is 394 g/mol. The maximum atomic E-state index is 12.4. The highest BCUT2D eigenvalue weighted by Gasteiger charge is 2.41. The molecule has 1 aliphatic heterocycles. The third-order valence-corrected chi connectivity index (χ3v) is 5.83. The molecule has 0 radical (unpaired) electrons. The minimum Gasteiger partial charge on any atom is -0.323 e. The highest BCUT2D eigenvalue weighted by atomic mass is 79.9. The van der Waals surface area contributed by atoms with Crippen molar-refractivity contribution < 1.29 is 18.0 Å². The number of halogens is 1. The normalized spacial score (nSPS) is 15.3. The van der Waals surface area contributed by atoms with Crippen molar-refractivity contribution in [3.05, 3.63) is 58.6 Å². The number of amides is 2. The number of carbonyl (C=O) groups excluding carboxylic acids is 2. The van der Waals surface area contributed by atoms with E-state index in [1.807, 2.05) is 0 Å². The number of fused-ring (bicyclic) bond motifs is 1. The van der Waals surface area contributed by atoms with Crippen molar-refractivity contribution in [3.8, 4) is 0 Å². The molecule has 0 saturated heterocycles. The van der Waals surface area contributed by atoms with Crippen molar-refractivity contribution in [3.63, 3.8) is 0 Å². The average molecular weight is 395 g/mol. The van der Waals surface area contributed by atoms with Crippen LogP contribution in [0.5, 0.6) is 0 Å². The van der Waals surface area contributed by atoms with E-state index in [9.17, 15) is 18.0 Å². The highest BCUT2D eigenvalue weighted by molar-refractivity contribution is 9.10. The maximum Gasteiger partial charge on any atom is 0.269 e. The number of sulfonamides is 1. The molecular formula is C15H11BrN2O4S. The lowest BCUT2D eigenvalue weighted by Gasteiger charge is -2.15. The maximum absolute atomic E-state index is 12.4. The van der Waals surface area contributed by atoms with Crippen LogP contribution in [0.3, 0.4) is 0 Å². The number of carbonyl (C=O) groups is 2. The first-order chi connectivity index (χ1) is 10.9. The smallest absolute Gasteiger partial charge is 0.269 e. The van der Waals surface area contributed by atoms with Crippen molar-refractivity contribution in [2.45, 2.75) is 4.90 Å². The van der Waals surface area contributed by atoms with Gasteiger partial charge in [0, 0.05) is 4.47 Å². The Balaban J connectivity index is 1.83. The largest absolute Gasteiger partial charge is 0.323 e. The minimum absolute atomic E-state index is 0.0707. The zero-order chi connectivity index (χ0) is 16.6. The predicted molar refractivity (Wildman–Crippen MR) is 87.4 cm³/mol. The molecule has 2 amide bonds. The van der Waals surface area contributed by atoms with E-state index >= 15 is 0 Å². The van der Waals surface area contributed by atoms with Crippen LogP contribution in [0, 0.1) is 0 Å². The molecule has 0 aromatic heterocycles. The van der Waals surface area contributed by atoms with Gasteiger partial charge in [0.05, 0.1) is 11.3 Å². The Labute approximate surface area is 141 Å². The molecular weight excluding hydrogens is 384 g/mol. The standard InChI is InChI=1S/C15H11BrN2O4S/c16-11-6-2-3-7-12(11)17-14(19)9-18-15(20)10-5-1-4-8-13(10)23(18,21)22/h1-8H,9H2,(H,17,19). The van der Waals surface area contributed by atoms with E-state index in [0.29, 0.717) is 14.5 Å². The first kappa shape index (κ1) is 15.7. The van der Waals surface area contributed by atoms with Gasteiger partial charge in [-0.1, -0.05) is 24.3 Å². The summed E-state index contributed by atoms with van der Waals surface area (Å²) in [6.07, 6.45) is 0. The van der Waals surface area contributed by atoms with Gasteiger partial charge < -0.3 is 5.32 Å². The molecule has 0 spiro atoms. The minimum atomic E-state index is -3.98. The van der Waals surface area contributed by atoms with Crippen LogP contribution >= 0.6 is 15.9 Å². The SMILES string of the molecule is O=C(CN1C(=O)c2ccccc2S1(=O)=O)Nc1ccccc1Br. The molecule has 1 aliphatic rings. The van der Waals surface area contributed by atoms with E-state index in [4.69, 9.17) is 0 Å². The average Bonchev–Trinajstić information content (AvgIpc) is 2.71. The first-order valence-corrected chi connectivity index (χ1v) is 8.85. The molecule has 0 saturated carbocycles. The van der Waals surface area contributed by atoms with Crippen molar-refractivity contribution in [2.24, 2.45) is 0 Å². The number of hydrogen-bond acceptors (Lipinski definition) is 4. The third kappa shape index (κ3) is 2.75. The summed E-state index contributed by atoms with van der Waals surface area (Å²) in [6, 6.07) is 12.8. The molecule has 0 bridgehead atoms. The third-order valence-electron chi connectivity index (χ3n) is 3.35. The van der Waals surface area contributed by atoms with E-state index in [-0.39, 0.29) is 10.5 Å². The molecule has 0 atom stereocenters. The van der Waals surface area contributed by atoms with Crippen molar-refractivity contribution in [1.82, 2.24) is 4.31 Å². The van der Waals surface area contributed by atoms with Gasteiger partial charge in [-0.3, -0.25) is 9.59 Å². The fourth-order valence-corrected chi connectivity index (χ4v) is 4.18. The summed E-state index contributed by atoms with van der Waals surface area (Å²) in [4.78, 5) is 24.3. The second kappa shape index (κ2) is 5.78. The van der Waals surface area contributed by atoms with Gasteiger partial charge in [-0.2, -0.15) is 0 Å². The number of benzene rings is 2. The van der Waals surface area contributed by atoms with Gasteiger partial charge in [0.1, 0.15) is 11.4 Å². The van der Waals surface area contributed by atoms with Gasteiger partial charge in [0.15, 0.2) is 0 Å². The summed E-state index contributed by atoms with van der Waals surface area (Å²) >= 11 is 3.28. The Hall–Kier alpha value is -2.19. The van der Waals surface area contributed by atoms with Gasteiger partial charge in [-0.05, 0) is 40.2 Å². The van der Waals surface area contributed by atoms with Crippen LogP contribution in [-0.2, 0) is 14.8 Å². The highest BCUT2D eigenvalue weighted by Crippen LogP contribution is 2.29. The molecule has 3 rings (SSSR count). The second-order valence-corrected chi connectivity index (χ2v) is 7.53. The molecule has 118 valence electrons. The van der Waals surface area contributed by atoms with Crippen LogP contribution in [0.25, 0.3) is 0 Å². The fraction of sp³-hybridized carbons (Fsp3) is 0.0667. The molecule has 1 N–H and O–H groups in total. The summed E-state index contributed by atoms with van der Waals surface area (Å²) in [6.45, 7) is -0.572. The number of rotatable bonds is 3. The van der Waals surface area contributed by atoms with Gasteiger partial charge in [0.2, 0.25) is 5.91 Å². The van der Waals surface area contributed by atoms with Gasteiger partial charge in [-0.25, -0.2) is 12.7 Å². The predicted octanol–water partition coefficient (Wildman–Crippen LogP) is 2.23. The molecule has 8 heteroatoms. The van der Waals surface area contributed by atoms with Gasteiger partial charge in [-0.15, -0.1) is 0 Å². The summed E-state index contributed by atoms with van der Waals surface area (Å²) < 4.78 is 26.0. The molecule has 0 unspecified atom stereocenters. The van der Waals surface area contributed by atoms with Gasteiger partial charge >= 0.3 is 0 Å². The van der Waals surface area contributed by atoms with Crippen LogP contribution < -0.4 is 5.32 Å². The summed E-state index contributed by atoms with van der Waals surface area (Å²) in [5.74, 6) is -1.29. The molecule has 2 aromatic rings. The van der Waals surface area contributed by atoms with E-state index in [1.165, 1.54) is 18.2 Å². The van der Waals surface area contributed by atoms with Crippen LogP contribution in [0.2, 0.25) is 0 Å². The first-order valence-electron chi connectivity index (χ1n) is 6.62. The lowest BCUT2D eigenvalue weighted by Crippen LogP contribution is -2.37. The summed E-state index contributed by atoms with van der Waals surface area (Å²) in [5, 5.41) is 2.58. The van der Waals surface area contributed by atoms with Crippen LogP contribution in [0.15, 0.2) is 57.9 Å². The van der Waals surface area contributed by atoms with Crippen LogP contribution in [-0.4, -0.2) is 31.1 Å². The number of nitrogens with one attached hydrogen (secondary N) is 1. The lowest BCUT2D eigenvalue weighted by molar-refractivity contribution is -0.116. The zero-order valence-corrected chi connectivity index (χ0v) is 14.1. The van der Waals surface area contributed by atoms with Crippen LogP contribution in [0.4, 0.5) is 5.69 Å². The topological polar surface area (TPSA) is 83.6 Å². The molecule has 23 heavy (non-hydrogen) atoms. The van der Waals surface area contributed by atoms with E-state index < -0.39 is 28.4 Å². The molecule has 2 aromatic carbocycles. The van der Waals surface area contributed by atoms with E-state index in [0.717, 1.165) is 0 Å². The molecule has 1 heterocycles. The Morgan fingerprint density at radius 1 is 1.09 bits per heavy atom. The lowest BCUT2D eigenvalue weighted by atomic mass is 10.2. The fourth-order valence-electron chi connectivity index (χ4n) is 2.27. The summed E-state index contributed by atoms with van der Waals surface area (Å²) in [5.41, 5.74) is 0.584. The zero-order valence-electron chi connectivity index (χ0n) is 11.7. The Morgan fingerprint density at radius 3 is 2.43 bits per heavy atom. The molecule has 6 nitrogen and oxygen atoms in total. The van der Waals surface area contributed by atoms with Crippen molar-refractivity contribution in [2.75, 3.05) is 11.9 Å². The van der Waals surface area contributed by atoms with E-state index in [1.54, 1.807) is 30.3 Å². The number of hydrogen-bond donors (Lipinski definition) is 1. The number of anilines is 1. The Kier molecular flexibility index (Phi) is 3.95. The molecule has 0 aliphatic carbocycles. The van der Waals surface area contributed by atoms with Crippen molar-refractivity contribution in [1.29, 1.82) is 0 Å². The van der Waals surface area contributed by atoms with E-state index in [2.05, 4.69) is 21.2 Å². The number of para-hydroxylation sites is 1. The number of nitrogens with zero attached hydrogens (tertiary/aromatic N) is 1.